The SMILES string of the molecule is COc1ccc(NC(=S)N/N=C(/C)c2ccc(C(=O)O)s2)cc1. The van der Waals surface area contributed by atoms with Crippen LogP contribution in [0, 0.1) is 0 Å². The lowest BCUT2D eigenvalue weighted by atomic mass is 10.3. The summed E-state index contributed by atoms with van der Waals surface area (Å²) in [6, 6.07) is 10.6. The number of hydrazone groups is 1. The number of hydrogen-bond acceptors (Lipinski definition) is 5. The lowest BCUT2D eigenvalue weighted by molar-refractivity contribution is 0.0702. The van der Waals surface area contributed by atoms with Gasteiger partial charge in [-0.1, -0.05) is 0 Å². The molecular weight excluding hydrogens is 334 g/mol. The van der Waals surface area contributed by atoms with E-state index in [0.717, 1.165) is 27.7 Å². The van der Waals surface area contributed by atoms with Gasteiger partial charge in [-0.3, -0.25) is 5.43 Å². The molecule has 0 spiro atoms. The molecule has 8 heteroatoms. The van der Waals surface area contributed by atoms with E-state index >= 15 is 0 Å². The summed E-state index contributed by atoms with van der Waals surface area (Å²) < 4.78 is 5.08. The maximum absolute atomic E-state index is 10.9. The summed E-state index contributed by atoms with van der Waals surface area (Å²) in [6.45, 7) is 1.78. The second kappa shape index (κ2) is 7.70. The average Bonchev–Trinajstić information content (AvgIpc) is 3.03. The molecule has 6 nitrogen and oxygen atoms in total. The topological polar surface area (TPSA) is 83.0 Å². The third-order valence-electron chi connectivity index (χ3n) is 2.85. The van der Waals surface area contributed by atoms with E-state index in [1.165, 1.54) is 0 Å². The molecule has 3 N–H and O–H groups in total. The average molecular weight is 349 g/mol. The Balaban J connectivity index is 1.94. The summed E-state index contributed by atoms with van der Waals surface area (Å²) in [5.41, 5.74) is 4.19. The maximum atomic E-state index is 10.9. The fourth-order valence-electron chi connectivity index (χ4n) is 1.67. The number of carboxylic acid groups (broad SMARTS) is 1. The van der Waals surface area contributed by atoms with Crippen molar-refractivity contribution in [2.75, 3.05) is 12.4 Å². The summed E-state index contributed by atoms with van der Waals surface area (Å²) >= 11 is 6.32. The lowest BCUT2D eigenvalue weighted by Gasteiger charge is -2.08. The summed E-state index contributed by atoms with van der Waals surface area (Å²) in [4.78, 5) is 11.9. The van der Waals surface area contributed by atoms with Gasteiger partial charge in [-0.25, -0.2) is 4.79 Å². The molecule has 0 fully saturated rings. The van der Waals surface area contributed by atoms with Crippen LogP contribution < -0.4 is 15.5 Å². The van der Waals surface area contributed by atoms with Crippen molar-refractivity contribution in [3.63, 3.8) is 0 Å². The molecule has 0 aliphatic rings. The number of nitrogens with zero attached hydrogens (tertiary/aromatic N) is 1. The van der Waals surface area contributed by atoms with Crippen LogP contribution in [0.4, 0.5) is 5.69 Å². The van der Waals surface area contributed by atoms with E-state index in [4.69, 9.17) is 22.1 Å². The van der Waals surface area contributed by atoms with E-state index < -0.39 is 5.97 Å². The molecule has 2 aromatic rings. The van der Waals surface area contributed by atoms with Gasteiger partial charge in [-0.2, -0.15) is 5.10 Å². The third-order valence-corrected chi connectivity index (χ3v) is 4.22. The van der Waals surface area contributed by atoms with Gasteiger partial charge in [0.2, 0.25) is 0 Å². The summed E-state index contributed by atoms with van der Waals surface area (Å²) in [5, 5.41) is 16.4. The first-order valence-corrected chi connectivity index (χ1v) is 7.81. The van der Waals surface area contributed by atoms with Crippen LogP contribution in [0.1, 0.15) is 21.5 Å². The van der Waals surface area contributed by atoms with E-state index in [1.807, 2.05) is 24.3 Å². The Hall–Kier alpha value is -2.45. The Labute approximate surface area is 142 Å². The zero-order valence-corrected chi connectivity index (χ0v) is 14.1. The minimum atomic E-state index is -0.946. The van der Waals surface area contributed by atoms with Crippen LogP contribution in [-0.4, -0.2) is 29.0 Å². The molecule has 1 aromatic carbocycles. The lowest BCUT2D eigenvalue weighted by Crippen LogP contribution is -2.24. The molecule has 0 saturated heterocycles. The molecule has 0 saturated carbocycles. The highest BCUT2D eigenvalue weighted by atomic mass is 32.1. The monoisotopic (exact) mass is 349 g/mol. The molecule has 0 atom stereocenters. The standard InChI is InChI=1S/C15H15N3O3S2/c1-9(12-7-8-13(23-12)14(19)20)17-18-15(22)16-10-3-5-11(21-2)6-4-10/h3-8H,1-2H3,(H,19,20)(H2,16,18,22)/b17-9-. The number of carboxylic acids is 1. The van der Waals surface area contributed by atoms with Gasteiger partial charge < -0.3 is 15.2 Å². The summed E-state index contributed by atoms with van der Waals surface area (Å²) in [6.07, 6.45) is 0. The first kappa shape index (κ1) is 16.9. The third kappa shape index (κ3) is 4.76. The first-order chi connectivity index (χ1) is 11.0. The molecule has 0 amide bonds. The van der Waals surface area contributed by atoms with E-state index in [-0.39, 0.29) is 4.88 Å². The van der Waals surface area contributed by atoms with Gasteiger partial charge >= 0.3 is 5.97 Å². The molecule has 120 valence electrons. The highest BCUT2D eigenvalue weighted by Gasteiger charge is 2.08. The molecule has 1 aromatic heterocycles. The zero-order valence-electron chi connectivity index (χ0n) is 12.5. The predicted octanol–water partition coefficient (Wildman–Crippen LogP) is 3.17. The molecule has 0 radical (unpaired) electrons. The number of aromatic carboxylic acids is 1. The highest BCUT2D eigenvalue weighted by Crippen LogP contribution is 2.17. The van der Waals surface area contributed by atoms with E-state index in [2.05, 4.69) is 15.8 Å². The minimum Gasteiger partial charge on any atom is -0.497 e. The Morgan fingerprint density at radius 3 is 2.43 bits per heavy atom. The number of rotatable bonds is 5. The van der Waals surface area contributed by atoms with Crippen molar-refractivity contribution in [1.82, 2.24) is 5.43 Å². The van der Waals surface area contributed by atoms with E-state index in [0.29, 0.717) is 10.8 Å². The van der Waals surface area contributed by atoms with Crippen LogP contribution in [0.2, 0.25) is 0 Å². The van der Waals surface area contributed by atoms with Crippen LogP contribution >= 0.6 is 23.6 Å². The van der Waals surface area contributed by atoms with Gasteiger partial charge in [0.05, 0.1) is 17.7 Å². The Kier molecular flexibility index (Phi) is 5.67. The fourth-order valence-corrected chi connectivity index (χ4v) is 2.62. The Morgan fingerprint density at radius 2 is 1.87 bits per heavy atom. The van der Waals surface area contributed by atoms with Gasteiger partial charge in [0.25, 0.3) is 0 Å². The zero-order chi connectivity index (χ0) is 16.8. The predicted molar refractivity (Wildman–Crippen MR) is 95.8 cm³/mol. The van der Waals surface area contributed by atoms with Crippen molar-refractivity contribution >= 4 is 46.0 Å². The minimum absolute atomic E-state index is 0.272. The van der Waals surface area contributed by atoms with Crippen LogP contribution in [-0.2, 0) is 0 Å². The van der Waals surface area contributed by atoms with Crippen LogP contribution in [0.3, 0.4) is 0 Å². The van der Waals surface area contributed by atoms with Crippen molar-refractivity contribution in [3.8, 4) is 5.75 Å². The van der Waals surface area contributed by atoms with Crippen molar-refractivity contribution in [3.05, 3.63) is 46.2 Å². The number of benzene rings is 1. The second-order valence-electron chi connectivity index (χ2n) is 4.46. The Bertz CT molecular complexity index is 739. The molecule has 1 heterocycles. The number of anilines is 1. The molecule has 0 bridgehead atoms. The van der Waals surface area contributed by atoms with Crippen molar-refractivity contribution < 1.29 is 14.6 Å². The van der Waals surface area contributed by atoms with Crippen molar-refractivity contribution in [2.45, 2.75) is 6.92 Å². The van der Waals surface area contributed by atoms with Crippen LogP contribution in [0.15, 0.2) is 41.5 Å². The molecular formula is C15H15N3O3S2. The van der Waals surface area contributed by atoms with Crippen molar-refractivity contribution in [2.24, 2.45) is 5.10 Å². The number of thiophene rings is 1. The van der Waals surface area contributed by atoms with Crippen LogP contribution in [0.25, 0.3) is 0 Å². The summed E-state index contributed by atoms with van der Waals surface area (Å²) in [7, 11) is 1.60. The molecule has 23 heavy (non-hydrogen) atoms. The number of methoxy groups -OCH3 is 1. The van der Waals surface area contributed by atoms with Gasteiger partial charge in [0.15, 0.2) is 5.11 Å². The van der Waals surface area contributed by atoms with E-state index in [9.17, 15) is 4.79 Å². The fraction of sp³-hybridized carbons (Fsp3) is 0.133. The van der Waals surface area contributed by atoms with Gasteiger partial charge in [0, 0.05) is 5.69 Å². The number of thiocarbonyl (C=S) groups is 1. The van der Waals surface area contributed by atoms with E-state index in [1.54, 1.807) is 26.2 Å². The maximum Gasteiger partial charge on any atom is 0.345 e. The van der Waals surface area contributed by atoms with Crippen LogP contribution in [0.5, 0.6) is 5.75 Å². The first-order valence-electron chi connectivity index (χ1n) is 6.58. The quantitative estimate of drug-likeness (QED) is 0.437. The number of ether oxygens (including phenoxy) is 1. The molecule has 0 aliphatic carbocycles. The Morgan fingerprint density at radius 1 is 1.22 bits per heavy atom. The smallest absolute Gasteiger partial charge is 0.345 e. The number of nitrogens with one attached hydrogen (secondary N) is 2. The normalized spacial score (nSPS) is 11.0. The largest absolute Gasteiger partial charge is 0.497 e. The molecule has 0 unspecified atom stereocenters. The number of carbonyl (C=O) groups is 1. The van der Waals surface area contributed by atoms with Crippen molar-refractivity contribution in [1.29, 1.82) is 0 Å². The van der Waals surface area contributed by atoms with Gasteiger partial charge in [-0.15, -0.1) is 11.3 Å². The summed E-state index contributed by atoms with van der Waals surface area (Å²) in [5.74, 6) is -0.186. The van der Waals surface area contributed by atoms with Gasteiger partial charge in [0.1, 0.15) is 10.6 Å². The second-order valence-corrected chi connectivity index (χ2v) is 5.95. The molecule has 2 rings (SSSR count). The highest BCUT2D eigenvalue weighted by molar-refractivity contribution is 7.80. The molecule has 0 aliphatic heterocycles. The number of hydrogen-bond donors (Lipinski definition) is 3. The van der Waals surface area contributed by atoms with Gasteiger partial charge in [-0.05, 0) is 55.5 Å².